The number of ether oxygens (including phenoxy) is 5. The molecule has 0 spiro atoms. The number of carbonyl (C=O) groups is 5. The van der Waals surface area contributed by atoms with E-state index < -0.39 is 39.0 Å². The Morgan fingerprint density at radius 2 is 0.632 bits per heavy atom. The number of hydrogen-bond acceptors (Lipinski definition) is 25. The van der Waals surface area contributed by atoms with Gasteiger partial charge in [-0.3, -0.25) is 24.0 Å². The third kappa shape index (κ3) is 36.4. The van der Waals surface area contributed by atoms with Gasteiger partial charge in [-0.05, 0) is 168 Å². The van der Waals surface area contributed by atoms with Crippen LogP contribution < -0.4 is 61.9 Å². The predicted molar refractivity (Wildman–Crippen MR) is 475 cm³/mol. The molecule has 636 valence electrons. The summed E-state index contributed by atoms with van der Waals surface area (Å²) in [6.07, 6.45) is 0. The molecule has 4 aromatic carbocycles. The summed E-state index contributed by atoms with van der Waals surface area (Å²) in [6.45, 7) is 37.2. The van der Waals surface area contributed by atoms with Crippen molar-refractivity contribution in [2.75, 3.05) is 85.5 Å². The number of benzene rings is 4. The average molecular weight is 1780 g/mol. The second-order valence-corrected chi connectivity index (χ2v) is 33.1. The Bertz CT molecular complexity index is 4620. The SMILES string of the molecule is CC(C)(C)C(=O)OC(=O)C(C)(C)C.CNc1ccc(OC)cc1.COc1ccc(C)cc1.COc1ccc(N(C)c2nc(C)nc(NC(=O)C(C)(C)C)c2Cl)cc1.COc1ccc(Nc2nc(C)nc(N)c2Cl)cc1.Cc1nc(Cl)c(Cl)c(NC(=O)C(C)(C)C)n1.Cc1nc(Cl)c(Cl)c(NC(=O)C(C)(C)C)n1.Cc1nc(N)c(Cl)c(Cl)n1. The summed E-state index contributed by atoms with van der Waals surface area (Å²) >= 11 is 47.0. The summed E-state index contributed by atoms with van der Waals surface area (Å²) in [5, 5.41) is 15.8. The molecule has 9 rings (SSSR count). The van der Waals surface area contributed by atoms with Crippen LogP contribution >= 0.6 is 92.8 Å². The van der Waals surface area contributed by atoms with Crippen LogP contribution in [0.3, 0.4) is 0 Å². The monoisotopic (exact) mass is 1770 g/mol. The number of amides is 3. The molecular formula is C81H106Cl8N18O10. The average Bonchev–Trinajstić information content (AvgIpc) is 0.804. The van der Waals surface area contributed by atoms with Gasteiger partial charge < -0.3 is 66.6 Å². The van der Waals surface area contributed by atoms with E-state index in [1.165, 1.54) is 5.56 Å². The molecule has 36 heteroatoms. The highest BCUT2D eigenvalue weighted by Crippen LogP contribution is 2.36. The van der Waals surface area contributed by atoms with Crippen LogP contribution in [0.1, 0.15) is 139 Å². The topological polar surface area (TPSA) is 376 Å². The maximum atomic E-state index is 12.3. The smallest absolute Gasteiger partial charge is 0.318 e. The molecule has 0 fully saturated rings. The first-order valence-electron chi connectivity index (χ1n) is 35.6. The van der Waals surface area contributed by atoms with Crippen molar-refractivity contribution in [1.29, 1.82) is 0 Å². The van der Waals surface area contributed by atoms with Crippen molar-refractivity contribution in [3.8, 4) is 23.0 Å². The number of nitrogens with one attached hydrogen (secondary N) is 5. The predicted octanol–water partition coefficient (Wildman–Crippen LogP) is 20.7. The van der Waals surface area contributed by atoms with Gasteiger partial charge in [0, 0.05) is 47.4 Å². The number of hydrogen-bond donors (Lipinski definition) is 7. The van der Waals surface area contributed by atoms with Gasteiger partial charge in [-0.15, -0.1) is 0 Å². The Morgan fingerprint density at radius 3 is 0.957 bits per heavy atom. The van der Waals surface area contributed by atoms with Gasteiger partial charge >= 0.3 is 11.9 Å². The lowest BCUT2D eigenvalue weighted by molar-refractivity contribution is -0.171. The van der Waals surface area contributed by atoms with Gasteiger partial charge in [-0.2, -0.15) is 0 Å². The molecule has 0 unspecified atom stereocenters. The number of aryl methyl sites for hydroxylation is 6. The molecule has 28 nitrogen and oxygen atoms in total. The summed E-state index contributed by atoms with van der Waals surface area (Å²) < 4.78 is 24.9. The first kappa shape index (κ1) is 103. The van der Waals surface area contributed by atoms with E-state index in [0.29, 0.717) is 56.6 Å². The number of anilines is 10. The molecule has 5 aromatic heterocycles. The second-order valence-electron chi connectivity index (χ2n) is 30.2. The zero-order valence-corrected chi connectivity index (χ0v) is 77.0. The lowest BCUT2D eigenvalue weighted by Gasteiger charge is -2.23. The van der Waals surface area contributed by atoms with E-state index in [-0.39, 0.29) is 71.5 Å². The van der Waals surface area contributed by atoms with Gasteiger partial charge in [0.15, 0.2) is 44.5 Å². The normalized spacial score (nSPS) is 10.8. The van der Waals surface area contributed by atoms with Crippen LogP contribution in [0.5, 0.6) is 23.0 Å². The first-order chi connectivity index (χ1) is 54.0. The largest absolute Gasteiger partial charge is 0.497 e. The summed E-state index contributed by atoms with van der Waals surface area (Å²) in [6, 6.07) is 30.7. The Labute approximate surface area is 726 Å². The van der Waals surface area contributed by atoms with Gasteiger partial charge in [0.05, 0.1) is 39.3 Å². The Kier molecular flexibility index (Phi) is 41.6. The molecule has 0 radical (unpaired) electrons. The molecule has 9 aromatic rings. The highest BCUT2D eigenvalue weighted by Gasteiger charge is 2.32. The van der Waals surface area contributed by atoms with Gasteiger partial charge in [-0.25, -0.2) is 49.8 Å². The summed E-state index contributed by atoms with van der Waals surface area (Å²) in [7, 11) is 10.3. The molecule has 0 aliphatic rings. The Morgan fingerprint density at radius 1 is 0.350 bits per heavy atom. The van der Waals surface area contributed by atoms with Gasteiger partial charge in [0.1, 0.15) is 88.9 Å². The van der Waals surface area contributed by atoms with Gasteiger partial charge in [-0.1, -0.05) is 173 Å². The van der Waals surface area contributed by atoms with Crippen LogP contribution in [0, 0.1) is 68.6 Å². The molecule has 0 bridgehead atoms. The molecule has 9 N–H and O–H groups in total. The molecule has 0 aliphatic heterocycles. The van der Waals surface area contributed by atoms with Crippen LogP contribution in [-0.4, -0.2) is 122 Å². The number of nitrogens with zero attached hydrogens (tertiary/aromatic N) is 11. The van der Waals surface area contributed by atoms with Crippen LogP contribution in [0.15, 0.2) is 97.1 Å². The summed E-state index contributed by atoms with van der Waals surface area (Å²) in [4.78, 5) is 100. The zero-order chi connectivity index (χ0) is 89.6. The van der Waals surface area contributed by atoms with Crippen molar-refractivity contribution in [2.45, 2.75) is 145 Å². The quantitative estimate of drug-likeness (QED) is 0.0339. The third-order valence-corrected chi connectivity index (χ3v) is 17.6. The first-order valence-corrected chi connectivity index (χ1v) is 38.6. The second kappa shape index (κ2) is 47.1. The molecule has 0 saturated carbocycles. The number of methoxy groups -OCH3 is 4. The number of aromatic nitrogens is 10. The number of esters is 2. The molecular weight excluding hydrogens is 1670 g/mol. The number of carbonyl (C=O) groups excluding carboxylic acids is 5. The van der Waals surface area contributed by atoms with Crippen molar-refractivity contribution < 1.29 is 47.7 Å². The fraction of sp³-hybridized carbons (Fsp3) is 0.395. The third-order valence-electron chi connectivity index (χ3n) is 14.6. The minimum absolute atomic E-state index is 0.137. The number of nitrogens with two attached hydrogens (primary N) is 2. The molecule has 0 aliphatic carbocycles. The molecule has 0 saturated heterocycles. The molecule has 5 heterocycles. The van der Waals surface area contributed by atoms with Crippen LogP contribution in [0.25, 0.3) is 0 Å². The van der Waals surface area contributed by atoms with Crippen molar-refractivity contribution in [3.05, 3.63) is 172 Å². The van der Waals surface area contributed by atoms with E-state index in [4.69, 9.17) is 128 Å². The molecule has 3 amide bonds. The van der Waals surface area contributed by atoms with Crippen molar-refractivity contribution in [2.24, 2.45) is 27.1 Å². The van der Waals surface area contributed by atoms with Gasteiger partial charge in [0.25, 0.3) is 0 Å². The standard InChI is InChI=1S/C18H23ClN4O2.C12H13ClN4O.2C10H13Cl2N3O.C10H18O3.C8H11NO.C8H10O.C5H5Cl2N3/c1-11-20-15(22-17(24)18(2,3)4)14(19)16(21-11)23(5)12-7-9-13(25-6)10-8-12;1-7-15-11(14)10(13)12(16-7)17-8-3-5-9(18-2)6-4-8;2*1-5-13-7(12)6(11)8(14-5)15-9(16)10(2,3)4;1-9(2,3)7(11)13-8(12)10(4,5)6;1-9-7-3-5-8(10-2)6-4-7;1-7-3-5-8(9-2)6-4-7;1-2-9-4(7)3(6)5(8)10-2/h7-10H,1-6H3,(H,20,21,22,24);3-6H,1-2H3,(H3,14,15,16,17);2*1-4H3,(H,13,14,15,16);1-6H3;3-6,9H,1-2H3;3-6H,1-2H3;1H3,(H2,8,9,10). The highest BCUT2D eigenvalue weighted by molar-refractivity contribution is 6.44. The minimum atomic E-state index is -0.624. The Balaban J connectivity index is 0.000000463. The van der Waals surface area contributed by atoms with E-state index in [9.17, 15) is 24.0 Å². The summed E-state index contributed by atoms with van der Waals surface area (Å²) in [5.41, 5.74) is 12.3. The number of rotatable bonds is 12. The van der Waals surface area contributed by atoms with Crippen molar-refractivity contribution >= 4 is 180 Å². The molecule has 117 heavy (non-hydrogen) atoms. The van der Waals surface area contributed by atoms with Crippen LogP contribution in [0.2, 0.25) is 40.6 Å². The van der Waals surface area contributed by atoms with Crippen LogP contribution in [0.4, 0.5) is 57.8 Å². The van der Waals surface area contributed by atoms with Crippen molar-refractivity contribution in [3.63, 3.8) is 0 Å². The van der Waals surface area contributed by atoms with E-state index in [1.54, 1.807) is 146 Å². The van der Waals surface area contributed by atoms with Crippen molar-refractivity contribution in [1.82, 2.24) is 49.8 Å². The fourth-order valence-electron chi connectivity index (χ4n) is 7.72. The number of nitrogen functional groups attached to an aromatic ring is 2. The summed E-state index contributed by atoms with van der Waals surface area (Å²) in [5.74, 6) is 6.70. The lowest BCUT2D eigenvalue weighted by atomic mass is 9.95. The maximum absolute atomic E-state index is 12.3. The van der Waals surface area contributed by atoms with E-state index in [2.05, 4.69) is 83.3 Å². The lowest BCUT2D eigenvalue weighted by Crippen LogP contribution is -2.31. The van der Waals surface area contributed by atoms with E-state index in [0.717, 1.165) is 40.1 Å². The van der Waals surface area contributed by atoms with E-state index >= 15 is 0 Å². The van der Waals surface area contributed by atoms with E-state index in [1.807, 2.05) is 137 Å². The van der Waals surface area contributed by atoms with Gasteiger partial charge in [0.2, 0.25) is 17.7 Å². The Hall–Kier alpha value is -9.65. The number of halogens is 8. The van der Waals surface area contributed by atoms with Crippen LogP contribution in [-0.2, 0) is 28.7 Å². The maximum Gasteiger partial charge on any atom is 0.318 e. The minimum Gasteiger partial charge on any atom is -0.497 e. The fourth-order valence-corrected chi connectivity index (χ4v) is 9.10. The highest BCUT2D eigenvalue weighted by atomic mass is 35.5. The molecule has 0 atom stereocenters. The zero-order valence-electron chi connectivity index (χ0n) is 70.9.